The summed E-state index contributed by atoms with van der Waals surface area (Å²) in [5.41, 5.74) is 0. The molecule has 108 valence electrons. The summed E-state index contributed by atoms with van der Waals surface area (Å²) in [5, 5.41) is 5.20. The van der Waals surface area contributed by atoms with Crippen molar-refractivity contribution in [1.29, 1.82) is 0 Å². The molecule has 2 heterocycles. The van der Waals surface area contributed by atoms with E-state index in [-0.39, 0.29) is 18.3 Å². The molecule has 1 amide bonds. The molecule has 1 N–H and O–H groups in total. The molecular formula is C13H21ClN2O2S. The predicted molar refractivity (Wildman–Crippen MR) is 80.7 cm³/mol. The molecule has 1 aromatic rings. The quantitative estimate of drug-likeness (QED) is 0.908. The monoisotopic (exact) mass is 304 g/mol. The highest BCUT2D eigenvalue weighted by Crippen LogP contribution is 2.24. The number of methoxy groups -OCH3 is 1. The van der Waals surface area contributed by atoms with Gasteiger partial charge in [0.05, 0.1) is 12.0 Å². The SMILES string of the molecule is CCCN(C(=O)c1cc(OC)cs1)C1CCNC1.Cl. The fourth-order valence-electron chi connectivity index (χ4n) is 2.28. The van der Waals surface area contributed by atoms with Gasteiger partial charge in [-0.05, 0) is 19.4 Å². The third-order valence-electron chi connectivity index (χ3n) is 3.22. The number of carbonyl (C=O) groups excluding carboxylic acids is 1. The second-order valence-electron chi connectivity index (χ2n) is 4.50. The molecule has 1 unspecified atom stereocenters. The van der Waals surface area contributed by atoms with Crippen LogP contribution in [0.5, 0.6) is 5.75 Å². The second kappa shape index (κ2) is 7.72. The van der Waals surface area contributed by atoms with Gasteiger partial charge in [0.1, 0.15) is 5.75 Å². The average molecular weight is 305 g/mol. The highest BCUT2D eigenvalue weighted by Gasteiger charge is 2.27. The van der Waals surface area contributed by atoms with Crippen LogP contribution in [0.4, 0.5) is 0 Å². The van der Waals surface area contributed by atoms with E-state index in [0.717, 1.165) is 43.1 Å². The molecule has 0 aliphatic carbocycles. The van der Waals surface area contributed by atoms with Crippen LogP contribution in [0.25, 0.3) is 0 Å². The summed E-state index contributed by atoms with van der Waals surface area (Å²) in [5.74, 6) is 0.906. The number of nitrogens with one attached hydrogen (secondary N) is 1. The van der Waals surface area contributed by atoms with E-state index >= 15 is 0 Å². The van der Waals surface area contributed by atoms with E-state index in [4.69, 9.17) is 4.74 Å². The predicted octanol–water partition coefficient (Wildman–Crippen LogP) is 2.39. The Morgan fingerprint density at radius 3 is 2.95 bits per heavy atom. The van der Waals surface area contributed by atoms with Crippen LogP contribution in [0, 0.1) is 0 Å². The van der Waals surface area contributed by atoms with Gasteiger partial charge in [-0.25, -0.2) is 0 Å². The first-order valence-electron chi connectivity index (χ1n) is 6.40. The molecule has 0 radical (unpaired) electrons. The van der Waals surface area contributed by atoms with Crippen molar-refractivity contribution in [3.05, 3.63) is 16.3 Å². The van der Waals surface area contributed by atoms with Crippen molar-refractivity contribution < 1.29 is 9.53 Å². The Hall–Kier alpha value is -0.780. The Bertz CT molecular complexity index is 405. The fraction of sp³-hybridized carbons (Fsp3) is 0.615. The second-order valence-corrected chi connectivity index (χ2v) is 5.41. The molecule has 2 rings (SSSR count). The van der Waals surface area contributed by atoms with E-state index in [9.17, 15) is 4.79 Å². The van der Waals surface area contributed by atoms with Gasteiger partial charge < -0.3 is 15.0 Å². The van der Waals surface area contributed by atoms with Gasteiger partial charge in [0.15, 0.2) is 0 Å². The number of hydrogen-bond acceptors (Lipinski definition) is 4. The zero-order chi connectivity index (χ0) is 13.0. The molecule has 4 nitrogen and oxygen atoms in total. The number of halogens is 1. The molecule has 1 saturated heterocycles. The summed E-state index contributed by atoms with van der Waals surface area (Å²) in [4.78, 5) is 15.3. The molecule has 0 aromatic carbocycles. The normalized spacial score (nSPS) is 17.9. The number of ether oxygens (including phenoxy) is 1. The lowest BCUT2D eigenvalue weighted by Crippen LogP contribution is -2.41. The third-order valence-corrected chi connectivity index (χ3v) is 4.12. The van der Waals surface area contributed by atoms with Crippen LogP contribution in [0.3, 0.4) is 0 Å². The topological polar surface area (TPSA) is 41.6 Å². The van der Waals surface area contributed by atoms with E-state index in [0.29, 0.717) is 6.04 Å². The van der Waals surface area contributed by atoms with Gasteiger partial charge >= 0.3 is 0 Å². The lowest BCUT2D eigenvalue weighted by atomic mass is 10.2. The van der Waals surface area contributed by atoms with Gasteiger partial charge in [0.2, 0.25) is 0 Å². The first-order chi connectivity index (χ1) is 8.76. The lowest BCUT2D eigenvalue weighted by Gasteiger charge is -2.27. The molecule has 19 heavy (non-hydrogen) atoms. The van der Waals surface area contributed by atoms with Crippen LogP contribution in [0.15, 0.2) is 11.4 Å². The van der Waals surface area contributed by atoms with Crippen LogP contribution in [-0.2, 0) is 0 Å². The molecule has 1 fully saturated rings. The fourth-order valence-corrected chi connectivity index (χ4v) is 3.09. The van der Waals surface area contributed by atoms with Crippen LogP contribution >= 0.6 is 23.7 Å². The van der Waals surface area contributed by atoms with Crippen molar-refractivity contribution >= 4 is 29.7 Å². The summed E-state index contributed by atoms with van der Waals surface area (Å²) in [7, 11) is 1.63. The van der Waals surface area contributed by atoms with Crippen molar-refractivity contribution in [3.8, 4) is 5.75 Å². The van der Waals surface area contributed by atoms with Crippen molar-refractivity contribution in [3.63, 3.8) is 0 Å². The Morgan fingerprint density at radius 2 is 2.42 bits per heavy atom. The maximum atomic E-state index is 12.5. The standard InChI is InChI=1S/C13H20N2O2S.ClH/c1-3-6-15(10-4-5-14-8-10)13(16)12-7-11(17-2)9-18-12;/h7,9-10,14H,3-6,8H2,1-2H3;1H. The molecule has 6 heteroatoms. The highest BCUT2D eigenvalue weighted by atomic mass is 35.5. The maximum absolute atomic E-state index is 12.5. The van der Waals surface area contributed by atoms with E-state index in [2.05, 4.69) is 12.2 Å². The zero-order valence-corrected chi connectivity index (χ0v) is 13.0. The van der Waals surface area contributed by atoms with Crippen LogP contribution < -0.4 is 10.1 Å². The third kappa shape index (κ3) is 3.84. The number of thiophene rings is 1. The van der Waals surface area contributed by atoms with E-state index < -0.39 is 0 Å². The average Bonchev–Trinajstić information content (AvgIpc) is 3.05. The Balaban J connectivity index is 0.00000180. The van der Waals surface area contributed by atoms with Gasteiger partial charge in [-0.3, -0.25) is 4.79 Å². The van der Waals surface area contributed by atoms with Crippen LogP contribution in [0.1, 0.15) is 29.4 Å². The Morgan fingerprint density at radius 1 is 1.63 bits per heavy atom. The number of amides is 1. The maximum Gasteiger partial charge on any atom is 0.264 e. The van der Waals surface area contributed by atoms with E-state index in [1.807, 2.05) is 16.3 Å². The Kier molecular flexibility index (Phi) is 6.62. The van der Waals surface area contributed by atoms with Gasteiger partial charge in [0.25, 0.3) is 5.91 Å². The number of rotatable bonds is 5. The molecule has 1 atom stereocenters. The van der Waals surface area contributed by atoms with Gasteiger partial charge in [0, 0.05) is 30.6 Å². The first kappa shape index (κ1) is 16.3. The molecule has 0 saturated carbocycles. The summed E-state index contributed by atoms with van der Waals surface area (Å²) in [6, 6.07) is 2.17. The summed E-state index contributed by atoms with van der Waals surface area (Å²) in [6.07, 6.45) is 2.04. The largest absolute Gasteiger partial charge is 0.496 e. The van der Waals surface area contributed by atoms with Crippen molar-refractivity contribution in [2.75, 3.05) is 26.7 Å². The minimum atomic E-state index is 0. The smallest absolute Gasteiger partial charge is 0.264 e. The zero-order valence-electron chi connectivity index (χ0n) is 11.3. The molecule has 1 aromatic heterocycles. The molecule has 1 aliphatic rings. The molecule has 1 aliphatic heterocycles. The molecule has 0 bridgehead atoms. The van der Waals surface area contributed by atoms with Gasteiger partial charge in [-0.1, -0.05) is 6.92 Å². The number of nitrogens with zero attached hydrogens (tertiary/aromatic N) is 1. The minimum absolute atomic E-state index is 0. The van der Waals surface area contributed by atoms with Gasteiger partial charge in [-0.15, -0.1) is 23.7 Å². The molecule has 0 spiro atoms. The van der Waals surface area contributed by atoms with Crippen LogP contribution in [0.2, 0.25) is 0 Å². The van der Waals surface area contributed by atoms with Gasteiger partial charge in [-0.2, -0.15) is 0 Å². The van der Waals surface area contributed by atoms with Crippen molar-refractivity contribution in [2.45, 2.75) is 25.8 Å². The van der Waals surface area contributed by atoms with Crippen molar-refractivity contribution in [2.24, 2.45) is 0 Å². The summed E-state index contributed by atoms with van der Waals surface area (Å²) < 4.78 is 5.14. The first-order valence-corrected chi connectivity index (χ1v) is 7.28. The van der Waals surface area contributed by atoms with E-state index in [1.54, 1.807) is 7.11 Å². The molecular weight excluding hydrogens is 284 g/mol. The number of carbonyl (C=O) groups is 1. The highest BCUT2D eigenvalue weighted by molar-refractivity contribution is 7.12. The summed E-state index contributed by atoms with van der Waals surface area (Å²) >= 11 is 1.46. The lowest BCUT2D eigenvalue weighted by molar-refractivity contribution is 0.0697. The van der Waals surface area contributed by atoms with Crippen molar-refractivity contribution in [1.82, 2.24) is 10.2 Å². The Labute approximate surface area is 124 Å². The van der Waals surface area contributed by atoms with E-state index in [1.165, 1.54) is 11.3 Å². The summed E-state index contributed by atoms with van der Waals surface area (Å²) in [6.45, 7) is 4.85. The van der Waals surface area contributed by atoms with Crippen LogP contribution in [-0.4, -0.2) is 43.6 Å². The number of hydrogen-bond donors (Lipinski definition) is 1. The minimum Gasteiger partial charge on any atom is -0.496 e.